The minimum Gasteiger partial charge on any atom is -0.396 e. The molecule has 3 unspecified atom stereocenters. The summed E-state index contributed by atoms with van der Waals surface area (Å²) in [5.74, 6) is 5.71. The minimum absolute atomic E-state index is 0.0820. The Morgan fingerprint density at radius 1 is 1.11 bits per heavy atom. The molecule has 14 heteroatoms. The van der Waals surface area contributed by atoms with Crippen LogP contribution in [0, 0.1) is 24.2 Å². The molecular weight excluding hydrogens is 885 g/mol. The second-order valence-corrected chi connectivity index (χ2v) is 18.8. The maximum Gasteiger partial charge on any atom is 0.0969 e. The number of fused-ring (bicyclic) bond motifs is 1. The van der Waals surface area contributed by atoms with Crippen molar-refractivity contribution in [2.24, 2.45) is 22.9 Å². The number of allylic oxidation sites excluding steroid dienone is 2. The molecule has 366 valence electrons. The van der Waals surface area contributed by atoms with Gasteiger partial charge in [0.25, 0.3) is 0 Å². The van der Waals surface area contributed by atoms with E-state index in [2.05, 4.69) is 123 Å². The highest BCUT2D eigenvalue weighted by Gasteiger charge is 2.29. The van der Waals surface area contributed by atoms with Crippen LogP contribution >= 0.6 is 47.5 Å². The third kappa shape index (κ3) is 22.1. The molecule has 0 fully saturated rings. The number of hydrazine groups is 1. The number of hydrogen-bond donors (Lipinski definition) is 6. The van der Waals surface area contributed by atoms with Gasteiger partial charge in [0.1, 0.15) is 0 Å². The second-order valence-electron chi connectivity index (χ2n) is 16.1. The van der Waals surface area contributed by atoms with Crippen LogP contribution in [0.5, 0.6) is 0 Å². The van der Waals surface area contributed by atoms with Gasteiger partial charge < -0.3 is 30.4 Å². The van der Waals surface area contributed by atoms with Crippen molar-refractivity contribution in [2.75, 3.05) is 73.5 Å². The van der Waals surface area contributed by atoms with Crippen molar-refractivity contribution in [3.05, 3.63) is 95.3 Å². The lowest BCUT2D eigenvalue weighted by atomic mass is 9.84. The Hall–Kier alpha value is -3.07. The summed E-state index contributed by atoms with van der Waals surface area (Å²) in [6.07, 6.45) is 25.7. The lowest BCUT2D eigenvalue weighted by Gasteiger charge is -2.29. The Morgan fingerprint density at radius 3 is 2.28 bits per heavy atom. The smallest absolute Gasteiger partial charge is 0.0969 e. The summed E-state index contributed by atoms with van der Waals surface area (Å²) in [5.41, 5.74) is 16.7. The molecule has 4 aromatic rings. The number of aliphatic hydroxyl groups is 1. The van der Waals surface area contributed by atoms with Gasteiger partial charge in [-0.05, 0) is 141 Å². The molecule has 7 N–H and O–H groups in total. The molecule has 10 nitrogen and oxygen atoms in total. The van der Waals surface area contributed by atoms with Crippen LogP contribution < -0.4 is 22.3 Å². The Morgan fingerprint density at radius 2 is 1.74 bits per heavy atom. The van der Waals surface area contributed by atoms with Gasteiger partial charge in [-0.3, -0.25) is 16.3 Å². The number of methoxy groups -OCH3 is 1. The van der Waals surface area contributed by atoms with Crippen LogP contribution in [0.3, 0.4) is 0 Å². The lowest BCUT2D eigenvalue weighted by molar-refractivity contribution is 0.116. The van der Waals surface area contributed by atoms with Gasteiger partial charge in [0.05, 0.1) is 33.6 Å². The van der Waals surface area contributed by atoms with E-state index < -0.39 is 0 Å². The number of nitrogens with one attached hydrogen (secondary N) is 2. The van der Waals surface area contributed by atoms with Crippen LogP contribution in [-0.4, -0.2) is 103 Å². The van der Waals surface area contributed by atoms with Gasteiger partial charge in [-0.15, -0.1) is 42.5 Å². The van der Waals surface area contributed by atoms with Gasteiger partial charge >= 0.3 is 0 Å². The molecule has 0 aliphatic rings. The first-order chi connectivity index (χ1) is 31.2. The number of pyridine rings is 1. The summed E-state index contributed by atoms with van der Waals surface area (Å²) in [6.45, 7) is 22.9. The fraction of sp³-hybridized carbons (Fsp3) is 0.529. The molecule has 65 heavy (non-hydrogen) atoms. The van der Waals surface area contributed by atoms with Crippen LogP contribution in [0.4, 0.5) is 0 Å². The van der Waals surface area contributed by atoms with Crippen molar-refractivity contribution in [2.45, 2.75) is 90.7 Å². The molecule has 1 aromatic carbocycles. The monoisotopic (exact) mass is 971 g/mol. The number of aryl methyl sites for hydroxylation is 1. The molecule has 0 radical (unpaired) electrons. The van der Waals surface area contributed by atoms with Gasteiger partial charge in [-0.1, -0.05) is 44.7 Å². The normalized spacial score (nSPS) is 11.9. The summed E-state index contributed by atoms with van der Waals surface area (Å²) >= 11 is 8.79. The summed E-state index contributed by atoms with van der Waals surface area (Å²) in [4.78, 5) is 12.0. The van der Waals surface area contributed by atoms with Crippen molar-refractivity contribution in [3.8, 4) is 35.4 Å². The summed E-state index contributed by atoms with van der Waals surface area (Å²) < 4.78 is 8.15. The number of nitrogens with two attached hydrogens (primary N) is 2. The molecule has 0 saturated heterocycles. The van der Waals surface area contributed by atoms with E-state index in [1.807, 2.05) is 63.8 Å². The van der Waals surface area contributed by atoms with Gasteiger partial charge in [-0.25, -0.2) is 4.98 Å². The highest BCUT2D eigenvalue weighted by molar-refractivity contribution is 7.99. The minimum atomic E-state index is -0.322. The van der Waals surface area contributed by atoms with Gasteiger partial charge in [-0.2, -0.15) is 24.4 Å². The van der Waals surface area contributed by atoms with Gasteiger partial charge in [0.15, 0.2) is 0 Å². The molecule has 0 spiro atoms. The van der Waals surface area contributed by atoms with Crippen molar-refractivity contribution in [3.63, 3.8) is 0 Å². The van der Waals surface area contributed by atoms with Crippen molar-refractivity contribution >= 4 is 58.4 Å². The standard InChI is InChI=1S/C42H60N6O2S2.C3H9N.C2H6S.C2H2.CH5N.CH4S/c1-10-12-17-29(4)46-41(51-9)33(28(3)16-13-14-22-45-43)24-38-47-36(26-52-38)31-19-20-37-34(23-31)35(25-42(6,7)27-49)40(48(37)11-2)32-18-15-21-44-39(32)30(5)50-8;1-4(2)3;1-3-2;3*1-2/h10,15,18-21,23,26,30,33,41,45-46,49H,1,3-4,11-14,16-17,22,24-25,27,43H2,2,5-9H3;1-3H3;1-2H3;1-2H;2H2,1H3;2H,1H3. The fourth-order valence-corrected chi connectivity index (χ4v) is 8.58. The number of thioether (sulfide) groups is 2. The van der Waals surface area contributed by atoms with E-state index in [0.717, 1.165) is 96.0 Å². The average molecular weight is 972 g/mol. The van der Waals surface area contributed by atoms with E-state index in [4.69, 9.17) is 20.5 Å². The molecule has 3 aromatic heterocycles. The van der Waals surface area contributed by atoms with Crippen LogP contribution in [0.2, 0.25) is 0 Å². The highest BCUT2D eigenvalue weighted by atomic mass is 32.2. The second kappa shape index (κ2) is 37.0. The Labute approximate surface area is 413 Å². The first kappa shape index (κ1) is 64.0. The number of aromatic nitrogens is 3. The molecule has 0 aliphatic heterocycles. The van der Waals surface area contributed by atoms with Crippen LogP contribution in [0.1, 0.15) is 82.2 Å². The predicted octanol–water partition coefficient (Wildman–Crippen LogP) is 10.7. The third-order valence-electron chi connectivity index (χ3n) is 9.85. The van der Waals surface area contributed by atoms with E-state index in [0.29, 0.717) is 6.42 Å². The maximum absolute atomic E-state index is 10.4. The van der Waals surface area contributed by atoms with Gasteiger partial charge in [0.2, 0.25) is 0 Å². The summed E-state index contributed by atoms with van der Waals surface area (Å²) in [7, 11) is 9.22. The number of unbranched alkanes of at least 4 members (excludes halogenated alkanes) is 1. The van der Waals surface area contributed by atoms with Crippen LogP contribution in [-0.2, 0) is 24.1 Å². The highest BCUT2D eigenvalue weighted by Crippen LogP contribution is 2.42. The SMILES string of the molecule is C#C.C=CCCC(=C)NC(SC)C(Cc1nc(-c2ccc3c(c2)c(CC(C)(C)CO)c(-c2cccnc2C(C)OC)n3CC)cs1)C(=C)CCCCNN.CN.CN(C)C.CS.CSC. The summed E-state index contributed by atoms with van der Waals surface area (Å²) in [6, 6.07) is 10.9. The number of ether oxygens (including phenoxy) is 1. The van der Waals surface area contributed by atoms with Crippen molar-refractivity contribution in [1.29, 1.82) is 0 Å². The zero-order valence-corrected chi connectivity index (χ0v) is 45.5. The molecule has 4 rings (SSSR count). The molecule has 0 aliphatic carbocycles. The number of hydrogen-bond acceptors (Lipinski definition) is 13. The van der Waals surface area contributed by atoms with Gasteiger partial charge in [0, 0.05) is 78.4 Å². The first-order valence-electron chi connectivity index (χ1n) is 21.9. The van der Waals surface area contributed by atoms with E-state index in [9.17, 15) is 5.11 Å². The van der Waals surface area contributed by atoms with E-state index in [-0.39, 0.29) is 29.4 Å². The number of thiazole rings is 1. The van der Waals surface area contributed by atoms with E-state index >= 15 is 0 Å². The largest absolute Gasteiger partial charge is 0.396 e. The Kier molecular flexibility index (Phi) is 36.4. The Balaban J connectivity index is 0. The lowest BCUT2D eigenvalue weighted by Crippen LogP contribution is -2.35. The maximum atomic E-state index is 10.4. The van der Waals surface area contributed by atoms with E-state index in [1.165, 1.54) is 23.6 Å². The predicted molar refractivity (Wildman–Crippen MR) is 297 cm³/mol. The molecule has 3 atom stereocenters. The number of rotatable bonds is 23. The number of terminal acetylenes is 1. The summed E-state index contributed by atoms with van der Waals surface area (Å²) in [5, 5.41) is 18.7. The molecular formula is C51H86N8O2S4. The van der Waals surface area contributed by atoms with E-state index in [1.54, 1.807) is 48.2 Å². The zero-order chi connectivity index (χ0) is 50.1. The zero-order valence-electron chi connectivity index (χ0n) is 42.2. The molecule has 0 saturated carbocycles. The van der Waals surface area contributed by atoms with Crippen LogP contribution in [0.25, 0.3) is 33.4 Å². The number of thiol groups is 1. The third-order valence-corrected chi connectivity index (χ3v) is 11.7. The van der Waals surface area contributed by atoms with Crippen molar-refractivity contribution < 1.29 is 9.84 Å². The quantitative estimate of drug-likeness (QED) is 0.00805. The van der Waals surface area contributed by atoms with Crippen molar-refractivity contribution in [1.82, 2.24) is 30.2 Å². The van der Waals surface area contributed by atoms with Crippen LogP contribution in [0.15, 0.2) is 79.0 Å². The number of nitrogens with zero attached hydrogens (tertiary/aromatic N) is 4. The number of aliphatic hydroxyl groups excluding tert-OH is 1. The topological polar surface area (TPSA) is 140 Å². The number of benzene rings is 1. The fourth-order valence-electron chi connectivity index (χ4n) is 6.82. The molecule has 0 bridgehead atoms. The molecule has 0 amide bonds. The Bertz CT molecular complexity index is 1920. The first-order valence-corrected chi connectivity index (χ1v) is 26.6. The molecule has 3 heterocycles. The average Bonchev–Trinajstić information content (AvgIpc) is 3.91.